The maximum atomic E-state index is 13.2. The van der Waals surface area contributed by atoms with Crippen molar-refractivity contribution in [3.05, 3.63) is 0 Å². The van der Waals surface area contributed by atoms with Gasteiger partial charge in [-0.15, -0.1) is 0 Å². The van der Waals surface area contributed by atoms with Crippen LogP contribution < -0.4 is 23.0 Å². The molecule has 0 rings (SSSR count). The van der Waals surface area contributed by atoms with Gasteiger partial charge < -0.3 is 1.43 Å². The molecule has 0 unspecified atom stereocenters. The van der Waals surface area contributed by atoms with Gasteiger partial charge >= 0.3 is 65.4 Å². The van der Waals surface area contributed by atoms with Gasteiger partial charge in [0.15, 0.2) is 0 Å². The molecule has 0 aromatic carbocycles. The van der Waals surface area contributed by atoms with Crippen LogP contribution in [0, 0.1) is 0 Å². The normalized spacial score (nSPS) is 16.3. The molecule has 0 aliphatic heterocycles. The average molecular weight is 589 g/mol. The van der Waals surface area contributed by atoms with Gasteiger partial charge in [-0.2, -0.15) is 79.0 Å². The Morgan fingerprint density at radius 1 is 0.412 bits per heavy atom. The first-order valence-corrected chi connectivity index (χ1v) is 9.35. The van der Waals surface area contributed by atoms with Gasteiger partial charge in [-0.1, -0.05) is 4.13 Å². The molecule has 0 aliphatic rings. The summed E-state index contributed by atoms with van der Waals surface area (Å²) in [6.45, 7) is 0. The van der Waals surface area contributed by atoms with Crippen molar-refractivity contribution in [2.24, 2.45) is 0 Å². The second kappa shape index (κ2) is 8.65. The zero-order valence-corrected chi connectivity index (χ0v) is 16.4. The van der Waals surface area contributed by atoms with Gasteiger partial charge in [0.05, 0.1) is 0 Å². The number of sulfonamides is 2. The molecule has 0 aromatic rings. The van der Waals surface area contributed by atoms with E-state index in [4.69, 9.17) is 0 Å². The Morgan fingerprint density at radius 3 is 0.735 bits per heavy atom. The van der Waals surface area contributed by atoms with Gasteiger partial charge in [-0.05, 0) is 0 Å². The van der Waals surface area contributed by atoms with Crippen molar-refractivity contribution in [1.82, 2.24) is 4.13 Å². The van der Waals surface area contributed by atoms with Crippen molar-refractivity contribution in [2.75, 3.05) is 0 Å². The van der Waals surface area contributed by atoms with E-state index in [2.05, 4.69) is 0 Å². The fourth-order valence-corrected chi connectivity index (χ4v) is 4.23. The molecule has 0 bridgehead atoms. The Hall–Kier alpha value is -0.803. The fourth-order valence-electron chi connectivity index (χ4n) is 1.31. The summed E-state index contributed by atoms with van der Waals surface area (Å²) in [7, 11) is -17.4. The third-order valence-electron chi connectivity index (χ3n) is 3.13. The Labute approximate surface area is 187 Å². The summed E-state index contributed by atoms with van der Waals surface area (Å²) in [5, 5.41) is -16.3. The summed E-state index contributed by atoms with van der Waals surface area (Å²) in [6, 6.07) is 0. The summed E-state index contributed by atoms with van der Waals surface area (Å²) in [6.07, 6.45) is -15.5. The van der Waals surface area contributed by atoms with Crippen LogP contribution in [-0.4, -0.2) is 63.4 Å². The van der Waals surface area contributed by atoms with E-state index in [0.717, 1.165) is 0 Å². The van der Waals surface area contributed by atoms with E-state index in [9.17, 15) is 95.9 Å². The SMILES string of the molecule is O=S(=O)(NS(=O)(=O)C(F)(F)C(F)(F)C(F)(F)C(F)(F)F)C(F)(F)C(F)(F)C(F)(F)C(F)(F)F.[H-].[Li+]. The first-order chi connectivity index (χ1) is 13.7. The van der Waals surface area contributed by atoms with Crippen LogP contribution in [0.2, 0.25) is 0 Å². The standard InChI is InChI=1S/C8HF18NO4S2.Li.H/c9-1(10,5(17,18)19)3(13,14)7(23,24)32(28,29)27-33(30,31)8(25,26)4(15,16)2(11,12)6(20,21)22;;/h27H;;/q;+1;-1. The third kappa shape index (κ3) is 4.77. The van der Waals surface area contributed by atoms with Gasteiger partial charge in [0, 0.05) is 0 Å². The average Bonchev–Trinajstić information content (AvgIpc) is 2.50. The van der Waals surface area contributed by atoms with E-state index >= 15 is 0 Å². The zero-order chi connectivity index (χ0) is 27.7. The van der Waals surface area contributed by atoms with E-state index < -0.39 is 70.7 Å². The topological polar surface area (TPSA) is 80.3 Å². The second-order valence-corrected chi connectivity index (χ2v) is 9.12. The van der Waals surface area contributed by atoms with Gasteiger partial charge in [-0.25, -0.2) is 16.8 Å². The fraction of sp³-hybridized carbons (Fsp3) is 1.00. The van der Waals surface area contributed by atoms with Crippen molar-refractivity contribution in [3.63, 3.8) is 0 Å². The van der Waals surface area contributed by atoms with E-state index in [1.165, 1.54) is 0 Å². The van der Waals surface area contributed by atoms with Crippen molar-refractivity contribution in [3.8, 4) is 0 Å². The van der Waals surface area contributed by atoms with Crippen LogP contribution in [0.15, 0.2) is 0 Å². The van der Waals surface area contributed by atoms with E-state index in [0.29, 0.717) is 0 Å². The summed E-state index contributed by atoms with van der Waals surface area (Å²) in [4.78, 5) is 0. The Bertz CT molecular complexity index is 893. The first kappa shape index (κ1) is 35.4. The van der Waals surface area contributed by atoms with Crippen LogP contribution in [0.25, 0.3) is 0 Å². The van der Waals surface area contributed by atoms with Crippen LogP contribution in [-0.2, 0) is 20.0 Å². The number of hydrogen-bond acceptors (Lipinski definition) is 4. The van der Waals surface area contributed by atoms with Gasteiger partial charge in [-0.3, -0.25) is 0 Å². The number of alkyl halides is 18. The van der Waals surface area contributed by atoms with Gasteiger partial charge in [0.25, 0.3) is 20.0 Å². The van der Waals surface area contributed by atoms with E-state index in [1.807, 2.05) is 0 Å². The molecular weight excluding hydrogens is 587 g/mol. The van der Waals surface area contributed by atoms with Crippen LogP contribution in [0.4, 0.5) is 79.0 Å². The second-order valence-electron chi connectivity index (χ2n) is 5.42. The quantitative estimate of drug-likeness (QED) is 0.341. The molecule has 0 heterocycles. The largest absolute Gasteiger partial charge is 1.00 e. The molecule has 202 valence electrons. The maximum Gasteiger partial charge on any atom is 1.00 e. The molecule has 0 aliphatic carbocycles. The van der Waals surface area contributed by atoms with Crippen molar-refractivity contribution >= 4 is 20.0 Å². The predicted octanol–water partition coefficient (Wildman–Crippen LogP) is 1.20. The first-order valence-electron chi connectivity index (χ1n) is 6.38. The molecule has 0 fully saturated rings. The van der Waals surface area contributed by atoms with Crippen LogP contribution in [0.3, 0.4) is 0 Å². The Balaban J connectivity index is -0.00000512. The summed E-state index contributed by atoms with van der Waals surface area (Å²) < 4.78 is 268. The molecule has 0 saturated carbocycles. The Morgan fingerprint density at radius 2 is 0.588 bits per heavy atom. The van der Waals surface area contributed by atoms with Crippen LogP contribution in [0.5, 0.6) is 0 Å². The zero-order valence-electron chi connectivity index (χ0n) is 15.8. The molecule has 0 spiro atoms. The molecular formula is C8H2F18LiNO4S2. The molecule has 0 atom stereocenters. The van der Waals surface area contributed by atoms with E-state index in [1.54, 1.807) is 0 Å². The molecule has 0 saturated heterocycles. The van der Waals surface area contributed by atoms with Gasteiger partial charge in [0.2, 0.25) is 0 Å². The number of halogens is 18. The predicted molar refractivity (Wildman–Crippen MR) is 63.9 cm³/mol. The van der Waals surface area contributed by atoms with Crippen molar-refractivity contribution < 1.29 is 116 Å². The number of rotatable bonds is 8. The van der Waals surface area contributed by atoms with Crippen LogP contribution >= 0.6 is 0 Å². The smallest absolute Gasteiger partial charge is 1.00 e. The number of hydrogen-bond donors (Lipinski definition) is 1. The molecule has 26 heteroatoms. The summed E-state index contributed by atoms with van der Waals surface area (Å²) in [5.41, 5.74) is 0. The summed E-state index contributed by atoms with van der Waals surface area (Å²) in [5.74, 6) is -32.9. The molecule has 0 aromatic heterocycles. The van der Waals surface area contributed by atoms with Crippen molar-refractivity contribution in [1.29, 1.82) is 0 Å². The maximum absolute atomic E-state index is 13.2. The van der Waals surface area contributed by atoms with Gasteiger partial charge in [0.1, 0.15) is 0 Å². The summed E-state index contributed by atoms with van der Waals surface area (Å²) >= 11 is 0. The monoisotopic (exact) mass is 589 g/mol. The molecule has 5 nitrogen and oxygen atoms in total. The van der Waals surface area contributed by atoms with Crippen molar-refractivity contribution in [2.45, 2.75) is 46.6 Å². The molecule has 0 radical (unpaired) electrons. The molecule has 1 N–H and O–H groups in total. The van der Waals surface area contributed by atoms with E-state index in [-0.39, 0.29) is 20.3 Å². The number of nitrogens with one attached hydrogen (secondary N) is 1. The minimum absolute atomic E-state index is 0. The minimum atomic E-state index is -8.68. The molecule has 34 heavy (non-hydrogen) atoms. The minimum Gasteiger partial charge on any atom is -1.00 e. The Kier molecular flexibility index (Phi) is 8.99. The third-order valence-corrected chi connectivity index (χ3v) is 6.74. The molecule has 0 amide bonds. The van der Waals surface area contributed by atoms with Crippen LogP contribution in [0.1, 0.15) is 1.43 Å².